The molecule has 0 spiro atoms. The van der Waals surface area contributed by atoms with Crippen molar-refractivity contribution in [2.75, 3.05) is 23.7 Å². The van der Waals surface area contributed by atoms with E-state index in [1.54, 1.807) is 12.3 Å². The first-order chi connectivity index (χ1) is 13.3. The zero-order chi connectivity index (χ0) is 20.7. The molecule has 28 heavy (non-hydrogen) atoms. The van der Waals surface area contributed by atoms with Crippen LogP contribution in [0.3, 0.4) is 0 Å². The molecule has 8 nitrogen and oxygen atoms in total. The second kappa shape index (κ2) is 10.4. The smallest absolute Gasteiger partial charge is 0.412 e. The Labute approximate surface area is 172 Å². The Hall–Kier alpha value is -1.47. The Morgan fingerprint density at radius 3 is 2.68 bits per heavy atom. The number of nitrogens with zero attached hydrogens (tertiary/aromatic N) is 2. The number of piperidine rings is 1. The number of carboxylic acid groups (broad SMARTS) is 1. The quantitative estimate of drug-likeness (QED) is 0.413. The van der Waals surface area contributed by atoms with E-state index in [-0.39, 0.29) is 17.7 Å². The number of hydrogen-bond acceptors (Lipinski definition) is 6. The molecule has 1 fully saturated rings. The molecule has 0 bridgehead atoms. The van der Waals surface area contributed by atoms with Gasteiger partial charge in [-0.15, -0.1) is 0 Å². The normalized spacial score (nSPS) is 20.3. The van der Waals surface area contributed by atoms with Crippen LogP contribution in [0.5, 0.6) is 0 Å². The van der Waals surface area contributed by atoms with E-state index in [2.05, 4.69) is 24.1 Å². The van der Waals surface area contributed by atoms with Crippen molar-refractivity contribution < 1.29 is 18.8 Å². The van der Waals surface area contributed by atoms with Crippen LogP contribution in [0, 0.1) is 11.3 Å². The van der Waals surface area contributed by atoms with Gasteiger partial charge in [-0.3, -0.25) is 9.88 Å². The molecule has 1 saturated heterocycles. The summed E-state index contributed by atoms with van der Waals surface area (Å²) in [6.07, 6.45) is 3.40. The summed E-state index contributed by atoms with van der Waals surface area (Å²) in [6, 6.07) is 1.46. The first-order valence-electron chi connectivity index (χ1n) is 9.37. The molecule has 1 aliphatic rings. The SMILES string of the molecule is C[Si]OC(O[Si]C)C(C)(C)CC1CNCC(N(C(=O)O)c2ccncc2N)C1. The van der Waals surface area contributed by atoms with Gasteiger partial charge in [0.1, 0.15) is 6.29 Å². The van der Waals surface area contributed by atoms with E-state index in [9.17, 15) is 9.90 Å². The largest absolute Gasteiger partial charge is 0.465 e. The van der Waals surface area contributed by atoms with E-state index in [0.29, 0.717) is 43.4 Å². The third-order valence-corrected chi connectivity index (χ3v) is 5.88. The number of nitrogens with two attached hydrogens (primary N) is 1. The highest BCUT2D eigenvalue weighted by Gasteiger charge is 2.37. The van der Waals surface area contributed by atoms with Gasteiger partial charge >= 0.3 is 6.09 Å². The standard InChI is InChI=1S/C18H30N4O4Si2/c1-18(2,16(25-27-3)26-28-4)8-12-7-13(10-21-9-12)22(17(23)24)15-5-6-20-11-14(15)19/h5-6,11-13,16,21H,7-10,19H2,1-4H3,(H,23,24). The monoisotopic (exact) mass is 422 g/mol. The van der Waals surface area contributed by atoms with Crippen LogP contribution in [0.1, 0.15) is 26.7 Å². The van der Waals surface area contributed by atoms with Crippen LogP contribution in [0.4, 0.5) is 16.2 Å². The number of rotatable bonds is 9. The fraction of sp³-hybridized carbons (Fsp3) is 0.667. The summed E-state index contributed by atoms with van der Waals surface area (Å²) in [5.41, 5.74) is 6.66. The maximum atomic E-state index is 12.0. The third kappa shape index (κ3) is 5.77. The van der Waals surface area contributed by atoms with Gasteiger partial charge in [-0.2, -0.15) is 0 Å². The number of aromatic nitrogens is 1. The second-order valence-electron chi connectivity index (χ2n) is 7.67. The first kappa shape index (κ1) is 22.8. The molecule has 1 aromatic heterocycles. The summed E-state index contributed by atoms with van der Waals surface area (Å²) in [4.78, 5) is 17.3. The van der Waals surface area contributed by atoms with Crippen molar-refractivity contribution in [3.05, 3.63) is 18.5 Å². The molecule has 0 saturated carbocycles. The topological polar surface area (TPSA) is 110 Å². The van der Waals surface area contributed by atoms with Crippen molar-refractivity contribution >= 4 is 37.0 Å². The van der Waals surface area contributed by atoms with Crippen molar-refractivity contribution in [3.63, 3.8) is 0 Å². The number of carbonyl (C=O) groups is 1. The number of amides is 1. The van der Waals surface area contributed by atoms with E-state index in [4.69, 9.17) is 14.6 Å². The van der Waals surface area contributed by atoms with Crippen LogP contribution in [-0.4, -0.2) is 61.1 Å². The average Bonchev–Trinajstić information content (AvgIpc) is 2.63. The Balaban J connectivity index is 2.13. The molecule has 0 aromatic carbocycles. The van der Waals surface area contributed by atoms with Crippen molar-refractivity contribution in [1.82, 2.24) is 10.3 Å². The van der Waals surface area contributed by atoms with Gasteiger partial charge in [-0.05, 0) is 44.5 Å². The Kier molecular flexibility index (Phi) is 8.44. The minimum Gasteiger partial charge on any atom is -0.465 e. The predicted molar refractivity (Wildman–Crippen MR) is 112 cm³/mol. The van der Waals surface area contributed by atoms with Crippen LogP contribution in [0.2, 0.25) is 13.1 Å². The van der Waals surface area contributed by atoms with Gasteiger partial charge < -0.3 is 25.0 Å². The highest BCUT2D eigenvalue weighted by Crippen LogP contribution is 2.36. The lowest BCUT2D eigenvalue weighted by atomic mass is 9.78. The van der Waals surface area contributed by atoms with Crippen LogP contribution >= 0.6 is 0 Å². The van der Waals surface area contributed by atoms with Crippen LogP contribution in [-0.2, 0) is 8.85 Å². The van der Waals surface area contributed by atoms with Crippen LogP contribution < -0.4 is 16.0 Å². The molecule has 0 aliphatic carbocycles. The molecule has 10 heteroatoms. The van der Waals surface area contributed by atoms with Gasteiger partial charge in [0.15, 0.2) is 0 Å². The summed E-state index contributed by atoms with van der Waals surface area (Å²) in [5, 5.41) is 13.2. The molecular formula is C18H30N4O4Si2. The van der Waals surface area contributed by atoms with Gasteiger partial charge in [0.2, 0.25) is 19.5 Å². The van der Waals surface area contributed by atoms with E-state index in [1.165, 1.54) is 11.1 Å². The maximum Gasteiger partial charge on any atom is 0.412 e. The maximum absolute atomic E-state index is 12.0. The summed E-state index contributed by atoms with van der Waals surface area (Å²) in [7, 11) is 0.718. The summed E-state index contributed by atoms with van der Waals surface area (Å²) >= 11 is 0. The van der Waals surface area contributed by atoms with Crippen LogP contribution in [0.15, 0.2) is 18.5 Å². The molecule has 1 aromatic rings. The van der Waals surface area contributed by atoms with Crippen LogP contribution in [0.25, 0.3) is 0 Å². The first-order valence-corrected chi connectivity index (χ1v) is 12.2. The van der Waals surface area contributed by atoms with Crippen molar-refractivity contribution in [2.45, 2.75) is 52.1 Å². The third-order valence-electron chi connectivity index (χ3n) is 4.98. The lowest BCUT2D eigenvalue weighted by molar-refractivity contribution is -0.0889. The fourth-order valence-electron chi connectivity index (χ4n) is 3.83. The zero-order valence-corrected chi connectivity index (χ0v) is 18.9. The van der Waals surface area contributed by atoms with Gasteiger partial charge in [0.05, 0.1) is 23.6 Å². The molecule has 154 valence electrons. The summed E-state index contributed by atoms with van der Waals surface area (Å²) in [5.74, 6) is 0.300. The fourth-order valence-corrected chi connectivity index (χ4v) is 5.09. The van der Waals surface area contributed by atoms with E-state index in [1.807, 2.05) is 13.1 Å². The number of nitrogens with one attached hydrogen (secondary N) is 1. The van der Waals surface area contributed by atoms with E-state index >= 15 is 0 Å². The molecule has 1 amide bonds. The van der Waals surface area contributed by atoms with E-state index in [0.717, 1.165) is 19.4 Å². The van der Waals surface area contributed by atoms with Gasteiger partial charge in [-0.25, -0.2) is 4.79 Å². The highest BCUT2D eigenvalue weighted by atomic mass is 28.2. The lowest BCUT2D eigenvalue weighted by Crippen LogP contribution is -2.52. The van der Waals surface area contributed by atoms with Gasteiger partial charge in [-0.1, -0.05) is 13.8 Å². The Morgan fingerprint density at radius 2 is 2.11 bits per heavy atom. The minimum atomic E-state index is -1.01. The molecular weight excluding hydrogens is 392 g/mol. The number of hydrogen-bond donors (Lipinski definition) is 3. The molecule has 4 radical (unpaired) electrons. The molecule has 2 atom stereocenters. The summed E-state index contributed by atoms with van der Waals surface area (Å²) in [6.45, 7) is 9.72. The zero-order valence-electron chi connectivity index (χ0n) is 16.9. The average molecular weight is 423 g/mol. The molecule has 2 unspecified atom stereocenters. The molecule has 2 rings (SSSR count). The highest BCUT2D eigenvalue weighted by molar-refractivity contribution is 6.26. The minimum absolute atomic E-state index is 0.177. The number of pyridine rings is 1. The van der Waals surface area contributed by atoms with Crippen molar-refractivity contribution in [2.24, 2.45) is 11.3 Å². The lowest BCUT2D eigenvalue weighted by Gasteiger charge is -2.41. The molecule has 1 aliphatic heterocycles. The summed E-state index contributed by atoms with van der Waals surface area (Å²) < 4.78 is 11.7. The number of anilines is 2. The van der Waals surface area contributed by atoms with E-state index < -0.39 is 6.09 Å². The predicted octanol–water partition coefficient (Wildman–Crippen LogP) is 2.24. The Morgan fingerprint density at radius 1 is 1.43 bits per heavy atom. The van der Waals surface area contributed by atoms with Gasteiger partial charge in [0.25, 0.3) is 0 Å². The second-order valence-corrected chi connectivity index (χ2v) is 8.96. The van der Waals surface area contributed by atoms with Gasteiger partial charge in [0, 0.05) is 18.2 Å². The Bertz CT molecular complexity index is 644. The van der Waals surface area contributed by atoms with Crippen molar-refractivity contribution in [3.8, 4) is 0 Å². The molecule has 2 heterocycles. The molecule has 4 N–H and O–H groups in total. The van der Waals surface area contributed by atoms with Crippen molar-refractivity contribution in [1.29, 1.82) is 0 Å². The number of nitrogen functional groups attached to an aromatic ring is 1.